The molecule has 29 heavy (non-hydrogen) atoms. The molecule has 1 aliphatic rings. The molecule has 12 nitrogen and oxygen atoms in total. The van der Waals surface area contributed by atoms with Crippen molar-refractivity contribution >= 4 is 30.0 Å². The SMILES string of the molecule is N=C(N)NCCC[C@@H](N)C(=O)N[C@@H](CCCNC(=N)N)C(=O)N1C[CH]C[C@H]1C=O. The molecule has 0 aromatic heterocycles. The Kier molecular flexibility index (Phi) is 10.4. The third-order valence-electron chi connectivity index (χ3n) is 4.52. The Labute approximate surface area is 170 Å². The molecule has 0 aliphatic carbocycles. The molecule has 0 aromatic carbocycles. The number of likely N-dealkylation sites (tertiary alicyclic amines) is 1. The molecule has 1 fully saturated rings. The average molecular weight is 411 g/mol. The van der Waals surface area contributed by atoms with Crippen molar-refractivity contribution in [1.82, 2.24) is 20.9 Å². The van der Waals surface area contributed by atoms with Crippen LogP contribution in [-0.2, 0) is 14.4 Å². The Balaban J connectivity index is 2.65. The fraction of sp³-hybridized carbons (Fsp3) is 0.647. The van der Waals surface area contributed by atoms with Gasteiger partial charge in [0.05, 0.1) is 12.1 Å². The second-order valence-electron chi connectivity index (χ2n) is 6.85. The third-order valence-corrected chi connectivity index (χ3v) is 4.52. The summed E-state index contributed by atoms with van der Waals surface area (Å²) in [5.41, 5.74) is 16.4. The quantitative estimate of drug-likeness (QED) is 0.0732. The van der Waals surface area contributed by atoms with Gasteiger partial charge in [-0.3, -0.25) is 20.4 Å². The van der Waals surface area contributed by atoms with Crippen LogP contribution in [0.2, 0.25) is 0 Å². The number of nitrogens with zero attached hydrogens (tertiary/aromatic N) is 1. The summed E-state index contributed by atoms with van der Waals surface area (Å²) in [7, 11) is 0. The molecule has 2 amide bonds. The Hall–Kier alpha value is -2.89. The summed E-state index contributed by atoms with van der Waals surface area (Å²) in [6.45, 7) is 1.14. The van der Waals surface area contributed by atoms with Crippen molar-refractivity contribution in [3.05, 3.63) is 6.42 Å². The van der Waals surface area contributed by atoms with Gasteiger partial charge in [0.25, 0.3) is 0 Å². The highest BCUT2D eigenvalue weighted by Crippen LogP contribution is 2.17. The zero-order chi connectivity index (χ0) is 21.8. The fourth-order valence-electron chi connectivity index (χ4n) is 2.97. The van der Waals surface area contributed by atoms with Crippen LogP contribution in [0.4, 0.5) is 0 Å². The molecule has 12 heteroatoms. The van der Waals surface area contributed by atoms with Crippen LogP contribution < -0.4 is 33.2 Å². The zero-order valence-electron chi connectivity index (χ0n) is 16.4. The standard InChI is InChI=1S/C17H32N9O3/c18-12(5-1-7-23-16(19)20)14(28)25-13(6-2-8-24-17(21)22)15(29)26-9-3-4-11(26)10-27/h3,10-13H,1-2,4-9,18H2,(H,25,28)(H4,19,20,23)(H4,21,22,24)/t11-,12+,13-/m0/s1. The predicted octanol–water partition coefficient (Wildman–Crippen LogP) is -2.67. The van der Waals surface area contributed by atoms with Gasteiger partial charge >= 0.3 is 0 Å². The number of hydrogen-bond acceptors (Lipinski definition) is 6. The van der Waals surface area contributed by atoms with Crippen molar-refractivity contribution in [1.29, 1.82) is 10.8 Å². The predicted molar refractivity (Wildman–Crippen MR) is 109 cm³/mol. The van der Waals surface area contributed by atoms with Crippen LogP contribution in [0.15, 0.2) is 0 Å². The van der Waals surface area contributed by atoms with E-state index < -0.39 is 24.0 Å². The van der Waals surface area contributed by atoms with E-state index >= 15 is 0 Å². The van der Waals surface area contributed by atoms with E-state index in [0.29, 0.717) is 51.7 Å². The molecule has 0 bridgehead atoms. The molecular weight excluding hydrogens is 378 g/mol. The first-order valence-corrected chi connectivity index (χ1v) is 9.55. The molecule has 0 aromatic rings. The van der Waals surface area contributed by atoms with Gasteiger partial charge < -0.3 is 42.8 Å². The van der Waals surface area contributed by atoms with Crippen LogP contribution in [-0.4, -0.2) is 72.7 Å². The highest BCUT2D eigenvalue weighted by atomic mass is 16.2. The molecular formula is C17H32N9O3. The molecule has 11 N–H and O–H groups in total. The third kappa shape index (κ3) is 8.77. The fourth-order valence-corrected chi connectivity index (χ4v) is 2.97. The summed E-state index contributed by atoms with van der Waals surface area (Å²) in [4.78, 5) is 38.0. The van der Waals surface area contributed by atoms with E-state index in [9.17, 15) is 14.4 Å². The first-order chi connectivity index (χ1) is 13.8. The van der Waals surface area contributed by atoms with Crippen molar-refractivity contribution in [2.24, 2.45) is 17.2 Å². The summed E-state index contributed by atoms with van der Waals surface area (Å²) in [6.07, 6.45) is 4.75. The lowest BCUT2D eigenvalue weighted by Gasteiger charge is -2.27. The lowest BCUT2D eigenvalue weighted by atomic mass is 10.1. The number of carbonyl (C=O) groups is 3. The van der Waals surface area contributed by atoms with Crippen LogP contribution in [0.25, 0.3) is 0 Å². The largest absolute Gasteiger partial charge is 0.370 e. The van der Waals surface area contributed by atoms with E-state index in [1.807, 2.05) is 6.42 Å². The average Bonchev–Trinajstić information content (AvgIpc) is 3.15. The van der Waals surface area contributed by atoms with Crippen LogP contribution in [0.5, 0.6) is 0 Å². The van der Waals surface area contributed by atoms with Crippen LogP contribution in [0.1, 0.15) is 32.1 Å². The number of hydrogen-bond donors (Lipinski definition) is 8. The highest BCUT2D eigenvalue weighted by molar-refractivity contribution is 5.91. The minimum Gasteiger partial charge on any atom is -0.370 e. The number of rotatable bonds is 12. The second-order valence-corrected chi connectivity index (χ2v) is 6.85. The van der Waals surface area contributed by atoms with E-state index in [0.717, 1.165) is 6.29 Å². The maximum atomic E-state index is 12.9. The van der Waals surface area contributed by atoms with Gasteiger partial charge in [-0.2, -0.15) is 0 Å². The van der Waals surface area contributed by atoms with Crippen molar-refractivity contribution in [2.75, 3.05) is 19.6 Å². The zero-order valence-corrected chi connectivity index (χ0v) is 16.4. The van der Waals surface area contributed by atoms with Gasteiger partial charge in [-0.1, -0.05) is 0 Å². The van der Waals surface area contributed by atoms with Gasteiger partial charge in [-0.25, -0.2) is 0 Å². The van der Waals surface area contributed by atoms with Crippen LogP contribution >= 0.6 is 0 Å². The van der Waals surface area contributed by atoms with Crippen molar-refractivity contribution in [3.63, 3.8) is 0 Å². The molecule has 1 heterocycles. The lowest BCUT2D eigenvalue weighted by molar-refractivity contribution is -0.139. The Morgan fingerprint density at radius 1 is 1.14 bits per heavy atom. The number of carbonyl (C=O) groups excluding carboxylic acids is 3. The molecule has 0 spiro atoms. The molecule has 163 valence electrons. The smallest absolute Gasteiger partial charge is 0.245 e. The van der Waals surface area contributed by atoms with E-state index in [-0.39, 0.29) is 17.8 Å². The molecule has 1 radical (unpaired) electrons. The summed E-state index contributed by atoms with van der Waals surface area (Å²) in [6, 6.07) is -2.17. The van der Waals surface area contributed by atoms with Crippen molar-refractivity contribution < 1.29 is 14.4 Å². The minimum absolute atomic E-state index is 0.153. The summed E-state index contributed by atoms with van der Waals surface area (Å²) < 4.78 is 0. The van der Waals surface area contributed by atoms with E-state index in [2.05, 4.69) is 16.0 Å². The highest BCUT2D eigenvalue weighted by Gasteiger charge is 2.34. The van der Waals surface area contributed by atoms with Crippen molar-refractivity contribution in [2.45, 2.75) is 50.2 Å². The van der Waals surface area contributed by atoms with E-state index in [4.69, 9.17) is 28.0 Å². The summed E-state index contributed by atoms with van der Waals surface area (Å²) >= 11 is 0. The van der Waals surface area contributed by atoms with Gasteiger partial charge in [0.15, 0.2) is 11.9 Å². The monoisotopic (exact) mass is 410 g/mol. The molecule has 0 unspecified atom stereocenters. The normalized spacial score (nSPS) is 17.8. The van der Waals surface area contributed by atoms with Gasteiger partial charge in [0.1, 0.15) is 12.3 Å². The summed E-state index contributed by atoms with van der Waals surface area (Å²) in [5.74, 6) is -1.12. The van der Waals surface area contributed by atoms with Crippen LogP contribution in [0, 0.1) is 17.2 Å². The van der Waals surface area contributed by atoms with Gasteiger partial charge in [-0.15, -0.1) is 0 Å². The van der Waals surface area contributed by atoms with Gasteiger partial charge in [0.2, 0.25) is 11.8 Å². The molecule has 1 saturated heterocycles. The maximum absolute atomic E-state index is 12.9. The van der Waals surface area contributed by atoms with Crippen molar-refractivity contribution in [3.8, 4) is 0 Å². The molecule has 3 atom stereocenters. The minimum atomic E-state index is -0.827. The molecule has 1 rings (SSSR count). The second kappa shape index (κ2) is 12.5. The van der Waals surface area contributed by atoms with Gasteiger partial charge in [0, 0.05) is 19.6 Å². The van der Waals surface area contributed by atoms with Gasteiger partial charge in [-0.05, 0) is 38.5 Å². The maximum Gasteiger partial charge on any atom is 0.245 e. The summed E-state index contributed by atoms with van der Waals surface area (Å²) in [5, 5.41) is 22.2. The van der Waals surface area contributed by atoms with E-state index in [1.54, 1.807) is 0 Å². The molecule has 1 aliphatic heterocycles. The number of aldehydes is 1. The number of guanidine groups is 2. The first-order valence-electron chi connectivity index (χ1n) is 9.55. The van der Waals surface area contributed by atoms with Crippen LogP contribution in [0.3, 0.4) is 0 Å². The number of nitrogens with two attached hydrogens (primary N) is 3. The number of amides is 2. The number of nitrogens with one attached hydrogen (secondary N) is 5. The Bertz CT molecular complexity index is 599. The lowest BCUT2D eigenvalue weighted by Crippen LogP contribution is -2.54. The Morgan fingerprint density at radius 3 is 2.28 bits per heavy atom. The topological polar surface area (TPSA) is 216 Å². The van der Waals surface area contributed by atoms with E-state index in [1.165, 1.54) is 4.90 Å². The molecule has 0 saturated carbocycles. The Morgan fingerprint density at radius 2 is 1.72 bits per heavy atom. The first kappa shape index (κ1) is 24.1.